The van der Waals surface area contributed by atoms with Crippen molar-refractivity contribution in [1.82, 2.24) is 0 Å². The van der Waals surface area contributed by atoms with Crippen LogP contribution in [0.5, 0.6) is 0 Å². The van der Waals surface area contributed by atoms with Gasteiger partial charge in [0.05, 0.1) is 12.4 Å². The van der Waals surface area contributed by atoms with E-state index >= 15 is 0 Å². The van der Waals surface area contributed by atoms with E-state index in [-0.39, 0.29) is 0 Å². The molecule has 0 bridgehead atoms. The molecule has 0 aromatic carbocycles. The number of hydrogen-bond acceptors (Lipinski definition) is 1. The fraction of sp³-hybridized carbons (Fsp3) is 0.684. The highest BCUT2D eigenvalue weighted by atomic mass is 16.5. The molecule has 1 nitrogen and oxygen atoms in total. The summed E-state index contributed by atoms with van der Waals surface area (Å²) in [7, 11) is 0. The number of rotatable bonds is 8. The lowest BCUT2D eigenvalue weighted by atomic mass is 9.86. The number of ether oxygens (including phenoxy) is 1. The Labute approximate surface area is 124 Å². The lowest BCUT2D eigenvalue weighted by molar-refractivity contribution is 0.187. The average Bonchev–Trinajstić information content (AvgIpc) is 2.52. The molecule has 0 aromatic heterocycles. The second-order valence-corrected chi connectivity index (χ2v) is 6.38. The minimum absolute atomic E-state index is 0.721. The quantitative estimate of drug-likeness (QED) is 0.402. The summed E-state index contributed by atoms with van der Waals surface area (Å²) in [5.41, 5.74) is 0. The van der Waals surface area contributed by atoms with E-state index in [1.807, 2.05) is 0 Å². The van der Waals surface area contributed by atoms with Crippen LogP contribution in [-0.4, -0.2) is 6.61 Å². The standard InChI is InChI=1S/C19H30O/c1-17(14-15-19-11-6-3-7-12-19)20-16-8-13-18-9-4-2-5-10-18/h2,4-5,9,18-19H,1,3,6-8,10-16H2/t18-/m0/s1. The molecule has 1 fully saturated rings. The molecule has 2 rings (SSSR count). The summed E-state index contributed by atoms with van der Waals surface area (Å²) >= 11 is 0. The number of allylic oxidation sites excluding steroid dienone is 5. The van der Waals surface area contributed by atoms with E-state index in [2.05, 4.69) is 30.9 Å². The van der Waals surface area contributed by atoms with Gasteiger partial charge in [-0.2, -0.15) is 0 Å². The maximum atomic E-state index is 5.79. The van der Waals surface area contributed by atoms with Gasteiger partial charge in [-0.15, -0.1) is 0 Å². The van der Waals surface area contributed by atoms with E-state index in [1.165, 1.54) is 51.4 Å². The first-order valence-electron chi connectivity index (χ1n) is 8.48. The minimum atomic E-state index is 0.721. The predicted molar refractivity (Wildman–Crippen MR) is 86.5 cm³/mol. The van der Waals surface area contributed by atoms with Gasteiger partial charge in [-0.3, -0.25) is 0 Å². The van der Waals surface area contributed by atoms with Crippen molar-refractivity contribution >= 4 is 0 Å². The van der Waals surface area contributed by atoms with Crippen LogP contribution in [0, 0.1) is 11.8 Å². The summed E-state index contributed by atoms with van der Waals surface area (Å²) in [4.78, 5) is 0. The van der Waals surface area contributed by atoms with E-state index in [4.69, 9.17) is 4.74 Å². The Kier molecular flexibility index (Phi) is 6.97. The number of hydrogen-bond donors (Lipinski definition) is 0. The van der Waals surface area contributed by atoms with Crippen LogP contribution >= 0.6 is 0 Å². The molecule has 0 aromatic rings. The van der Waals surface area contributed by atoms with E-state index in [0.717, 1.165) is 37.0 Å². The Balaban J connectivity index is 1.47. The molecule has 1 saturated carbocycles. The molecular weight excluding hydrogens is 244 g/mol. The van der Waals surface area contributed by atoms with Crippen molar-refractivity contribution in [3.8, 4) is 0 Å². The normalized spacial score (nSPS) is 22.9. The lowest BCUT2D eigenvalue weighted by Crippen LogP contribution is -2.07. The Morgan fingerprint density at radius 3 is 2.70 bits per heavy atom. The highest BCUT2D eigenvalue weighted by Crippen LogP contribution is 2.28. The monoisotopic (exact) mass is 274 g/mol. The highest BCUT2D eigenvalue weighted by molar-refractivity contribution is 5.10. The molecule has 0 unspecified atom stereocenters. The van der Waals surface area contributed by atoms with Gasteiger partial charge in [-0.05, 0) is 37.5 Å². The van der Waals surface area contributed by atoms with Gasteiger partial charge < -0.3 is 4.74 Å². The molecule has 0 aliphatic heterocycles. The van der Waals surface area contributed by atoms with Crippen LogP contribution in [0.2, 0.25) is 0 Å². The smallest absolute Gasteiger partial charge is 0.0888 e. The first-order chi connectivity index (χ1) is 9.84. The van der Waals surface area contributed by atoms with Gasteiger partial charge in [0.1, 0.15) is 0 Å². The van der Waals surface area contributed by atoms with Gasteiger partial charge >= 0.3 is 0 Å². The van der Waals surface area contributed by atoms with E-state index < -0.39 is 0 Å². The van der Waals surface area contributed by atoms with Gasteiger partial charge in [0.15, 0.2) is 0 Å². The molecule has 0 saturated heterocycles. The third-order valence-corrected chi connectivity index (χ3v) is 4.65. The molecule has 2 aliphatic carbocycles. The van der Waals surface area contributed by atoms with Crippen molar-refractivity contribution in [2.45, 2.75) is 64.2 Å². The molecule has 0 heterocycles. The molecule has 112 valence electrons. The van der Waals surface area contributed by atoms with Crippen LogP contribution in [0.4, 0.5) is 0 Å². The van der Waals surface area contributed by atoms with Gasteiger partial charge in [0, 0.05) is 6.42 Å². The van der Waals surface area contributed by atoms with Crippen molar-refractivity contribution in [2.24, 2.45) is 11.8 Å². The molecule has 0 radical (unpaired) electrons. The van der Waals surface area contributed by atoms with E-state index in [1.54, 1.807) is 0 Å². The zero-order chi connectivity index (χ0) is 14.0. The molecule has 0 spiro atoms. The predicted octanol–water partition coefficient (Wildman–Crippen LogP) is 5.79. The van der Waals surface area contributed by atoms with Crippen molar-refractivity contribution in [3.05, 3.63) is 36.6 Å². The molecule has 1 atom stereocenters. The van der Waals surface area contributed by atoms with Crippen LogP contribution in [0.3, 0.4) is 0 Å². The first kappa shape index (κ1) is 15.4. The molecule has 20 heavy (non-hydrogen) atoms. The SMILES string of the molecule is C=C(CCC1CCCCC1)OCCC[C@H]1C=CC=CC1. The zero-order valence-electron chi connectivity index (χ0n) is 12.9. The van der Waals surface area contributed by atoms with E-state index in [0.29, 0.717) is 0 Å². The topological polar surface area (TPSA) is 9.23 Å². The summed E-state index contributed by atoms with van der Waals surface area (Å²) < 4.78 is 5.79. The Hall–Kier alpha value is -0.980. The Morgan fingerprint density at radius 2 is 1.95 bits per heavy atom. The van der Waals surface area contributed by atoms with Gasteiger partial charge in [-0.25, -0.2) is 0 Å². The molecular formula is C19H30O. The van der Waals surface area contributed by atoms with Gasteiger partial charge in [-0.1, -0.05) is 63.0 Å². The van der Waals surface area contributed by atoms with E-state index in [9.17, 15) is 0 Å². The summed E-state index contributed by atoms with van der Waals surface area (Å²) in [6.45, 7) is 4.92. The second-order valence-electron chi connectivity index (χ2n) is 6.38. The Bertz CT molecular complexity index is 334. The summed E-state index contributed by atoms with van der Waals surface area (Å²) in [6, 6.07) is 0. The van der Waals surface area contributed by atoms with Crippen LogP contribution < -0.4 is 0 Å². The maximum Gasteiger partial charge on any atom is 0.0888 e. The van der Waals surface area contributed by atoms with Crippen LogP contribution in [0.1, 0.15) is 64.2 Å². The Morgan fingerprint density at radius 1 is 1.10 bits per heavy atom. The molecule has 2 aliphatic rings. The lowest BCUT2D eigenvalue weighted by Gasteiger charge is -2.21. The van der Waals surface area contributed by atoms with Crippen LogP contribution in [0.15, 0.2) is 36.6 Å². The summed E-state index contributed by atoms with van der Waals surface area (Å²) in [5.74, 6) is 2.66. The van der Waals surface area contributed by atoms with Gasteiger partial charge in [0.25, 0.3) is 0 Å². The first-order valence-corrected chi connectivity index (χ1v) is 8.48. The summed E-state index contributed by atoms with van der Waals surface area (Å²) in [6.07, 6.45) is 22.0. The summed E-state index contributed by atoms with van der Waals surface area (Å²) in [5, 5.41) is 0. The fourth-order valence-electron chi connectivity index (χ4n) is 3.32. The van der Waals surface area contributed by atoms with Gasteiger partial charge in [0.2, 0.25) is 0 Å². The largest absolute Gasteiger partial charge is 0.499 e. The fourth-order valence-corrected chi connectivity index (χ4v) is 3.32. The molecule has 1 heteroatoms. The van der Waals surface area contributed by atoms with Crippen molar-refractivity contribution in [3.63, 3.8) is 0 Å². The second kappa shape index (κ2) is 9.05. The molecule has 0 amide bonds. The minimum Gasteiger partial charge on any atom is -0.499 e. The third-order valence-electron chi connectivity index (χ3n) is 4.65. The zero-order valence-corrected chi connectivity index (χ0v) is 12.9. The highest BCUT2D eigenvalue weighted by Gasteiger charge is 2.13. The van der Waals surface area contributed by atoms with Crippen molar-refractivity contribution in [1.29, 1.82) is 0 Å². The average molecular weight is 274 g/mol. The van der Waals surface area contributed by atoms with Crippen LogP contribution in [-0.2, 0) is 4.74 Å². The molecule has 0 N–H and O–H groups in total. The van der Waals surface area contributed by atoms with Crippen molar-refractivity contribution in [2.75, 3.05) is 6.61 Å². The third kappa shape index (κ3) is 5.98. The van der Waals surface area contributed by atoms with Crippen molar-refractivity contribution < 1.29 is 4.74 Å². The van der Waals surface area contributed by atoms with Crippen LogP contribution in [0.25, 0.3) is 0 Å². The maximum absolute atomic E-state index is 5.79.